The molecule has 2 aromatic rings. The first-order valence-electron chi connectivity index (χ1n) is 11.8. The molecule has 176 valence electrons. The molecule has 3 aliphatic rings. The molecule has 2 atom stereocenters. The maximum atomic E-state index is 8.89. The maximum absolute atomic E-state index is 8.89. The SMILES string of the molecule is C.C.CCCc1c(C)ccc2c1[C@H](CC#N)CC2.N#CC[C@@H]1CCc2ccc3c(c21)CCO3. The van der Waals surface area contributed by atoms with Crippen molar-refractivity contribution in [3.63, 3.8) is 0 Å². The van der Waals surface area contributed by atoms with Gasteiger partial charge in [-0.05, 0) is 90.3 Å². The molecule has 0 radical (unpaired) electrons. The number of rotatable bonds is 4. The average Bonchev–Trinajstić information content (AvgIpc) is 3.49. The van der Waals surface area contributed by atoms with Gasteiger partial charge in [0.25, 0.3) is 0 Å². The summed E-state index contributed by atoms with van der Waals surface area (Å²) in [5, 5.41) is 17.7. The number of hydrogen-bond acceptors (Lipinski definition) is 3. The van der Waals surface area contributed by atoms with Gasteiger partial charge in [-0.25, -0.2) is 0 Å². The highest BCUT2D eigenvalue weighted by Crippen LogP contribution is 2.43. The molecule has 0 amide bonds. The van der Waals surface area contributed by atoms with Crippen LogP contribution in [0.1, 0.15) is 105 Å². The number of nitrogens with zero attached hydrogens (tertiary/aromatic N) is 2. The largest absolute Gasteiger partial charge is 0.493 e. The van der Waals surface area contributed by atoms with Crippen LogP contribution in [0.5, 0.6) is 5.75 Å². The Morgan fingerprint density at radius 3 is 2.12 bits per heavy atom. The van der Waals surface area contributed by atoms with E-state index >= 15 is 0 Å². The first-order chi connectivity index (χ1) is 15.2. The Bertz CT molecular complexity index is 1040. The molecule has 2 aliphatic carbocycles. The van der Waals surface area contributed by atoms with Crippen molar-refractivity contribution in [1.29, 1.82) is 10.5 Å². The molecular formula is C30H40N2O. The molecule has 0 unspecified atom stereocenters. The van der Waals surface area contributed by atoms with Crippen molar-refractivity contribution < 1.29 is 4.74 Å². The molecule has 0 fully saturated rings. The fourth-order valence-electron chi connectivity index (χ4n) is 5.78. The summed E-state index contributed by atoms with van der Waals surface area (Å²) in [7, 11) is 0. The molecular weight excluding hydrogens is 404 g/mol. The normalized spacial score (nSPS) is 18.7. The minimum absolute atomic E-state index is 0. The summed E-state index contributed by atoms with van der Waals surface area (Å²) in [5.41, 5.74) is 10.2. The monoisotopic (exact) mass is 444 g/mol. The number of aryl methyl sites for hydroxylation is 3. The van der Waals surface area contributed by atoms with E-state index in [-0.39, 0.29) is 14.9 Å². The Balaban J connectivity index is 0.000000220. The molecule has 0 spiro atoms. The predicted molar refractivity (Wildman–Crippen MR) is 137 cm³/mol. The summed E-state index contributed by atoms with van der Waals surface area (Å²) in [4.78, 5) is 0. The minimum atomic E-state index is 0. The molecule has 3 heteroatoms. The van der Waals surface area contributed by atoms with Gasteiger partial charge in [0, 0.05) is 24.8 Å². The van der Waals surface area contributed by atoms with Crippen LogP contribution in [-0.4, -0.2) is 6.61 Å². The molecule has 0 saturated carbocycles. The van der Waals surface area contributed by atoms with Crippen molar-refractivity contribution in [2.45, 2.75) is 98.3 Å². The van der Waals surface area contributed by atoms with Gasteiger partial charge in [0.2, 0.25) is 0 Å². The van der Waals surface area contributed by atoms with Crippen molar-refractivity contribution in [2.24, 2.45) is 0 Å². The van der Waals surface area contributed by atoms with Crippen molar-refractivity contribution in [3.8, 4) is 17.9 Å². The average molecular weight is 445 g/mol. The van der Waals surface area contributed by atoms with Crippen LogP contribution in [0.15, 0.2) is 24.3 Å². The van der Waals surface area contributed by atoms with Crippen molar-refractivity contribution >= 4 is 0 Å². The third-order valence-corrected chi connectivity index (χ3v) is 7.21. The van der Waals surface area contributed by atoms with Gasteiger partial charge in [-0.3, -0.25) is 0 Å². The fourth-order valence-corrected chi connectivity index (χ4v) is 5.78. The van der Waals surface area contributed by atoms with Crippen LogP contribution in [0.3, 0.4) is 0 Å². The molecule has 0 bridgehead atoms. The quantitative estimate of drug-likeness (QED) is 0.485. The van der Waals surface area contributed by atoms with E-state index in [9.17, 15) is 0 Å². The summed E-state index contributed by atoms with van der Waals surface area (Å²) < 4.78 is 5.57. The van der Waals surface area contributed by atoms with E-state index in [1.54, 1.807) is 0 Å². The first-order valence-corrected chi connectivity index (χ1v) is 11.8. The number of fused-ring (bicyclic) bond motifs is 4. The zero-order chi connectivity index (χ0) is 21.8. The third-order valence-electron chi connectivity index (χ3n) is 7.21. The molecule has 1 aliphatic heterocycles. The highest BCUT2D eigenvalue weighted by Gasteiger charge is 2.29. The molecule has 0 N–H and O–H groups in total. The smallest absolute Gasteiger partial charge is 0.122 e. The fraction of sp³-hybridized carbons (Fsp3) is 0.533. The number of nitriles is 2. The van der Waals surface area contributed by atoms with Crippen LogP contribution >= 0.6 is 0 Å². The number of benzene rings is 2. The lowest BCUT2D eigenvalue weighted by molar-refractivity contribution is 0.357. The zero-order valence-corrected chi connectivity index (χ0v) is 18.8. The van der Waals surface area contributed by atoms with E-state index in [2.05, 4.69) is 50.3 Å². The molecule has 5 rings (SSSR count). The van der Waals surface area contributed by atoms with Gasteiger partial charge in [-0.15, -0.1) is 0 Å². The van der Waals surface area contributed by atoms with Gasteiger partial charge in [-0.2, -0.15) is 10.5 Å². The summed E-state index contributed by atoms with van der Waals surface area (Å²) in [6.45, 7) is 5.24. The van der Waals surface area contributed by atoms with Gasteiger partial charge in [-0.1, -0.05) is 46.4 Å². The van der Waals surface area contributed by atoms with Crippen LogP contribution < -0.4 is 4.74 Å². The number of ether oxygens (including phenoxy) is 1. The van der Waals surface area contributed by atoms with E-state index in [0.29, 0.717) is 24.7 Å². The second kappa shape index (κ2) is 11.9. The van der Waals surface area contributed by atoms with Crippen LogP contribution in [0.4, 0.5) is 0 Å². The molecule has 1 heterocycles. The second-order valence-electron chi connectivity index (χ2n) is 9.09. The Kier molecular flexibility index (Phi) is 9.55. The molecule has 0 saturated heterocycles. The Labute approximate surface area is 201 Å². The Hall–Kier alpha value is -2.78. The predicted octanol–water partition coefficient (Wildman–Crippen LogP) is 7.73. The molecule has 3 nitrogen and oxygen atoms in total. The van der Waals surface area contributed by atoms with E-state index in [4.69, 9.17) is 15.3 Å². The van der Waals surface area contributed by atoms with Crippen molar-refractivity contribution in [2.75, 3.05) is 6.61 Å². The van der Waals surface area contributed by atoms with E-state index in [1.165, 1.54) is 58.2 Å². The summed E-state index contributed by atoms with van der Waals surface area (Å²) in [5.74, 6) is 2.02. The van der Waals surface area contributed by atoms with Crippen LogP contribution in [-0.2, 0) is 25.7 Å². The van der Waals surface area contributed by atoms with Crippen LogP contribution in [0.25, 0.3) is 0 Å². The Morgan fingerprint density at radius 1 is 0.879 bits per heavy atom. The molecule has 33 heavy (non-hydrogen) atoms. The topological polar surface area (TPSA) is 56.8 Å². The van der Waals surface area contributed by atoms with E-state index in [1.807, 2.05) is 0 Å². The van der Waals surface area contributed by atoms with Gasteiger partial charge in [0.15, 0.2) is 0 Å². The second-order valence-corrected chi connectivity index (χ2v) is 9.09. The lowest BCUT2D eigenvalue weighted by atomic mass is 9.89. The standard InChI is InChI=1S/C15H19N.C13H13NO.2CH4/c1-3-4-14-11(2)5-6-12-7-8-13(9-10-16)15(12)14;14-7-5-10-2-1-9-3-4-12-11(13(9)10)6-8-15-12;;/h5-6,13H,3-4,7-9H2,1-2H3;3-4,10H,1-2,5-6,8H2;2*1H4/t13-;10-;;/m00../s1. The zero-order valence-electron chi connectivity index (χ0n) is 18.8. The van der Waals surface area contributed by atoms with Crippen LogP contribution in [0.2, 0.25) is 0 Å². The summed E-state index contributed by atoms with van der Waals surface area (Å²) in [6.07, 6.45) is 9.33. The van der Waals surface area contributed by atoms with Crippen molar-refractivity contribution in [1.82, 2.24) is 0 Å². The van der Waals surface area contributed by atoms with Gasteiger partial charge >= 0.3 is 0 Å². The maximum Gasteiger partial charge on any atom is 0.122 e. The van der Waals surface area contributed by atoms with E-state index < -0.39 is 0 Å². The lowest BCUT2D eigenvalue weighted by Crippen LogP contribution is -2.01. The van der Waals surface area contributed by atoms with Gasteiger partial charge < -0.3 is 4.74 Å². The Morgan fingerprint density at radius 2 is 1.48 bits per heavy atom. The van der Waals surface area contributed by atoms with Gasteiger partial charge in [0.1, 0.15) is 5.75 Å². The van der Waals surface area contributed by atoms with Crippen molar-refractivity contribution in [3.05, 3.63) is 63.2 Å². The highest BCUT2D eigenvalue weighted by molar-refractivity contribution is 5.51. The summed E-state index contributed by atoms with van der Waals surface area (Å²) >= 11 is 0. The minimum Gasteiger partial charge on any atom is -0.493 e. The third kappa shape index (κ3) is 5.25. The number of hydrogen-bond donors (Lipinski definition) is 0. The van der Waals surface area contributed by atoms with Gasteiger partial charge in [0.05, 0.1) is 18.7 Å². The van der Waals surface area contributed by atoms with Crippen LogP contribution in [0, 0.1) is 29.6 Å². The highest BCUT2D eigenvalue weighted by atomic mass is 16.5. The lowest BCUT2D eigenvalue weighted by Gasteiger charge is -2.15. The van der Waals surface area contributed by atoms with E-state index in [0.717, 1.165) is 38.0 Å². The molecule has 0 aromatic heterocycles. The summed E-state index contributed by atoms with van der Waals surface area (Å²) in [6, 6.07) is 13.4. The molecule has 2 aromatic carbocycles. The first kappa shape index (κ1) is 26.5.